The van der Waals surface area contributed by atoms with Gasteiger partial charge in [-0.3, -0.25) is 4.79 Å². The van der Waals surface area contributed by atoms with Crippen molar-refractivity contribution in [1.82, 2.24) is 5.32 Å². The van der Waals surface area contributed by atoms with Gasteiger partial charge in [-0.05, 0) is 57.2 Å². The Morgan fingerprint density at radius 3 is 2.67 bits per heavy atom. The van der Waals surface area contributed by atoms with Crippen LogP contribution in [0, 0.1) is 25.2 Å². The molecule has 2 nitrogen and oxygen atoms in total. The van der Waals surface area contributed by atoms with Crippen LogP contribution in [0.2, 0.25) is 0 Å². The van der Waals surface area contributed by atoms with Crippen LogP contribution in [-0.4, -0.2) is 18.9 Å². The summed E-state index contributed by atoms with van der Waals surface area (Å²) >= 11 is 0. The van der Waals surface area contributed by atoms with Gasteiger partial charge in [0.15, 0.2) is 5.78 Å². The SMILES string of the molecule is Cc1ccc(C(=O)C2CC23CCNCC3)c(C)c1. The fraction of sp³-hybridized carbons (Fsp3) is 0.562. The average molecular weight is 243 g/mol. The number of benzene rings is 1. The van der Waals surface area contributed by atoms with Crippen LogP contribution in [0.25, 0.3) is 0 Å². The van der Waals surface area contributed by atoms with Crippen molar-refractivity contribution in [2.45, 2.75) is 33.1 Å². The lowest BCUT2D eigenvalue weighted by Gasteiger charge is -2.23. The maximum Gasteiger partial charge on any atom is 0.166 e. The van der Waals surface area contributed by atoms with Crippen molar-refractivity contribution in [3.63, 3.8) is 0 Å². The predicted molar refractivity (Wildman–Crippen MR) is 72.9 cm³/mol. The largest absolute Gasteiger partial charge is 0.317 e. The van der Waals surface area contributed by atoms with E-state index in [1.165, 1.54) is 18.4 Å². The van der Waals surface area contributed by atoms with Crippen LogP contribution < -0.4 is 5.32 Å². The third-order valence-corrected chi connectivity index (χ3v) is 4.75. The zero-order chi connectivity index (χ0) is 12.8. The lowest BCUT2D eigenvalue weighted by molar-refractivity contribution is 0.0940. The number of hydrogen-bond donors (Lipinski definition) is 1. The van der Waals surface area contributed by atoms with Crippen molar-refractivity contribution in [3.05, 3.63) is 34.9 Å². The fourth-order valence-corrected chi connectivity index (χ4v) is 3.47. The molecule has 2 aliphatic rings. The molecule has 1 N–H and O–H groups in total. The first-order valence-electron chi connectivity index (χ1n) is 6.95. The maximum absolute atomic E-state index is 12.6. The van der Waals surface area contributed by atoms with E-state index >= 15 is 0 Å². The molecule has 1 aliphatic heterocycles. The molecule has 0 aromatic heterocycles. The van der Waals surface area contributed by atoms with Gasteiger partial charge in [0.25, 0.3) is 0 Å². The third-order valence-electron chi connectivity index (χ3n) is 4.75. The van der Waals surface area contributed by atoms with Gasteiger partial charge in [0.05, 0.1) is 0 Å². The number of hydrogen-bond acceptors (Lipinski definition) is 2. The van der Waals surface area contributed by atoms with Gasteiger partial charge in [0, 0.05) is 11.5 Å². The number of rotatable bonds is 2. The molecule has 1 aromatic rings. The van der Waals surface area contributed by atoms with E-state index in [4.69, 9.17) is 0 Å². The van der Waals surface area contributed by atoms with Gasteiger partial charge in [-0.15, -0.1) is 0 Å². The molecule has 2 heteroatoms. The molecule has 18 heavy (non-hydrogen) atoms. The molecule has 0 bridgehead atoms. The van der Waals surface area contributed by atoms with Gasteiger partial charge >= 0.3 is 0 Å². The molecule has 3 rings (SSSR count). The van der Waals surface area contributed by atoms with E-state index < -0.39 is 0 Å². The highest BCUT2D eigenvalue weighted by Crippen LogP contribution is 2.59. The molecule has 1 atom stereocenters. The lowest BCUT2D eigenvalue weighted by Crippen LogP contribution is -2.30. The Hall–Kier alpha value is -1.15. The summed E-state index contributed by atoms with van der Waals surface area (Å²) in [6.45, 7) is 6.29. The molecule has 1 saturated heterocycles. The highest BCUT2D eigenvalue weighted by Gasteiger charge is 2.57. The van der Waals surface area contributed by atoms with Gasteiger partial charge in [-0.1, -0.05) is 23.8 Å². The second-order valence-corrected chi connectivity index (χ2v) is 6.05. The molecule has 1 heterocycles. The van der Waals surface area contributed by atoms with Crippen LogP contribution in [0.15, 0.2) is 18.2 Å². The maximum atomic E-state index is 12.6. The van der Waals surface area contributed by atoms with Crippen LogP contribution in [0.4, 0.5) is 0 Å². The summed E-state index contributed by atoms with van der Waals surface area (Å²) in [6, 6.07) is 6.18. The minimum absolute atomic E-state index is 0.293. The van der Waals surface area contributed by atoms with Crippen molar-refractivity contribution in [2.24, 2.45) is 11.3 Å². The number of nitrogens with one attached hydrogen (secondary N) is 1. The summed E-state index contributed by atoms with van der Waals surface area (Å²) in [5, 5.41) is 3.39. The van der Waals surface area contributed by atoms with E-state index in [0.29, 0.717) is 17.1 Å². The second-order valence-electron chi connectivity index (χ2n) is 6.05. The number of aryl methyl sites for hydroxylation is 2. The van der Waals surface area contributed by atoms with Crippen molar-refractivity contribution >= 4 is 5.78 Å². The van der Waals surface area contributed by atoms with E-state index in [2.05, 4.69) is 31.3 Å². The van der Waals surface area contributed by atoms with Gasteiger partial charge in [-0.25, -0.2) is 0 Å². The Balaban J connectivity index is 1.80. The predicted octanol–water partition coefficient (Wildman–Crippen LogP) is 2.88. The Bertz CT molecular complexity index is 486. The van der Waals surface area contributed by atoms with E-state index in [-0.39, 0.29) is 0 Å². The van der Waals surface area contributed by atoms with Gasteiger partial charge < -0.3 is 5.32 Å². The van der Waals surface area contributed by atoms with Crippen molar-refractivity contribution in [2.75, 3.05) is 13.1 Å². The number of Topliss-reactive ketones (excluding diaryl/α,β-unsaturated/α-hetero) is 1. The normalized spacial score (nSPS) is 25.1. The molecule has 1 unspecified atom stereocenters. The standard InChI is InChI=1S/C16H21NO/c1-11-3-4-13(12(2)9-11)15(18)14-10-16(14)5-7-17-8-6-16/h3-4,9,14,17H,5-8,10H2,1-2H3. The van der Waals surface area contributed by atoms with Crippen molar-refractivity contribution in [3.8, 4) is 0 Å². The number of carbonyl (C=O) groups excluding carboxylic acids is 1. The molecule has 0 amide bonds. The first-order valence-corrected chi connectivity index (χ1v) is 6.95. The van der Waals surface area contributed by atoms with Crippen molar-refractivity contribution < 1.29 is 4.79 Å². The van der Waals surface area contributed by atoms with Gasteiger partial charge in [0.1, 0.15) is 0 Å². The molecule has 96 valence electrons. The van der Waals surface area contributed by atoms with Crippen LogP contribution in [0.3, 0.4) is 0 Å². The summed E-state index contributed by atoms with van der Waals surface area (Å²) in [6.07, 6.45) is 3.46. The second kappa shape index (κ2) is 4.20. The quantitative estimate of drug-likeness (QED) is 0.809. The van der Waals surface area contributed by atoms with Crippen LogP contribution in [0.1, 0.15) is 40.7 Å². The third kappa shape index (κ3) is 1.89. The van der Waals surface area contributed by atoms with Crippen molar-refractivity contribution in [1.29, 1.82) is 0 Å². The first-order chi connectivity index (χ1) is 8.62. The Labute approximate surface area is 109 Å². The fourth-order valence-electron chi connectivity index (χ4n) is 3.47. The smallest absolute Gasteiger partial charge is 0.166 e. The lowest BCUT2D eigenvalue weighted by atomic mass is 9.88. The van der Waals surface area contributed by atoms with Crippen LogP contribution in [0.5, 0.6) is 0 Å². The van der Waals surface area contributed by atoms with Gasteiger partial charge in [-0.2, -0.15) is 0 Å². The summed E-state index contributed by atoms with van der Waals surface area (Å²) in [5.74, 6) is 0.676. The highest BCUT2D eigenvalue weighted by molar-refractivity contribution is 6.01. The zero-order valence-corrected chi connectivity index (χ0v) is 11.3. The zero-order valence-electron chi connectivity index (χ0n) is 11.3. The Morgan fingerprint density at radius 1 is 1.28 bits per heavy atom. The molecule has 1 spiro atoms. The van der Waals surface area contributed by atoms with E-state index in [9.17, 15) is 4.79 Å². The Kier molecular flexibility index (Phi) is 2.78. The topological polar surface area (TPSA) is 29.1 Å². The summed E-state index contributed by atoms with van der Waals surface area (Å²) in [5.41, 5.74) is 3.66. The summed E-state index contributed by atoms with van der Waals surface area (Å²) < 4.78 is 0. The Morgan fingerprint density at radius 2 is 2.00 bits per heavy atom. The number of piperidine rings is 1. The number of carbonyl (C=O) groups is 1. The first kappa shape index (κ1) is 11.9. The summed E-state index contributed by atoms with van der Waals surface area (Å²) in [4.78, 5) is 12.6. The molecule has 1 aliphatic carbocycles. The highest BCUT2D eigenvalue weighted by atomic mass is 16.1. The molecule has 1 aromatic carbocycles. The molecular formula is C16H21NO. The van der Waals surface area contributed by atoms with Crippen LogP contribution >= 0.6 is 0 Å². The van der Waals surface area contributed by atoms with E-state index in [0.717, 1.165) is 30.6 Å². The minimum atomic E-state index is 0.293. The molecule has 1 saturated carbocycles. The van der Waals surface area contributed by atoms with Crippen LogP contribution in [-0.2, 0) is 0 Å². The summed E-state index contributed by atoms with van der Waals surface area (Å²) in [7, 11) is 0. The average Bonchev–Trinajstić information content (AvgIpc) is 3.03. The molecular weight excluding hydrogens is 222 g/mol. The van der Waals surface area contributed by atoms with E-state index in [1.54, 1.807) is 0 Å². The van der Waals surface area contributed by atoms with Gasteiger partial charge in [0.2, 0.25) is 0 Å². The monoisotopic (exact) mass is 243 g/mol. The number of ketones is 1. The van der Waals surface area contributed by atoms with E-state index in [1.807, 2.05) is 6.07 Å². The minimum Gasteiger partial charge on any atom is -0.317 e. The molecule has 2 fully saturated rings. The molecule has 0 radical (unpaired) electrons.